The van der Waals surface area contributed by atoms with Crippen LogP contribution in [0.3, 0.4) is 0 Å². The van der Waals surface area contributed by atoms with Crippen LogP contribution < -0.4 is 5.32 Å². The van der Waals surface area contributed by atoms with Gasteiger partial charge >= 0.3 is 0 Å². The van der Waals surface area contributed by atoms with E-state index in [-0.39, 0.29) is 18.0 Å². The molecule has 0 spiro atoms. The smallest absolute Gasteiger partial charge is 0.228 e. The number of benzene rings is 2. The number of hydrogen-bond donors (Lipinski definition) is 1. The van der Waals surface area contributed by atoms with Gasteiger partial charge in [-0.05, 0) is 46.3 Å². The second-order valence-corrected chi connectivity index (χ2v) is 5.21. The summed E-state index contributed by atoms with van der Waals surface area (Å²) in [4.78, 5) is 12.0. The number of amides is 1. The molecule has 0 saturated heterocycles. The molecule has 0 saturated carbocycles. The van der Waals surface area contributed by atoms with Crippen molar-refractivity contribution in [2.24, 2.45) is 0 Å². The molecule has 1 amide bonds. The summed E-state index contributed by atoms with van der Waals surface area (Å²) >= 11 is 5.79. The Balaban J connectivity index is 1.67. The highest BCUT2D eigenvalue weighted by Crippen LogP contribution is 2.19. The largest absolute Gasteiger partial charge is 0.323 e. The zero-order valence-corrected chi connectivity index (χ0v) is 12.5. The lowest BCUT2D eigenvalue weighted by molar-refractivity contribution is -0.115. The third-order valence-corrected chi connectivity index (χ3v) is 3.35. The van der Waals surface area contributed by atoms with Crippen molar-refractivity contribution in [1.82, 2.24) is 20.2 Å². The van der Waals surface area contributed by atoms with E-state index in [1.807, 2.05) is 0 Å². The van der Waals surface area contributed by atoms with E-state index in [0.717, 1.165) is 11.3 Å². The van der Waals surface area contributed by atoms with Crippen molar-refractivity contribution in [2.75, 3.05) is 5.32 Å². The number of tetrazole rings is 1. The standard InChI is InChI=1S/C15H11ClFN5O/c16-11-3-6-13(17)14(8-11)19-15(23)7-10-1-4-12(5-2-10)22-9-18-20-21-22/h1-6,8-9H,7H2,(H,19,23). The van der Waals surface area contributed by atoms with Crippen LogP contribution in [0.25, 0.3) is 5.69 Å². The summed E-state index contributed by atoms with van der Waals surface area (Å²) < 4.78 is 15.1. The Morgan fingerprint density at radius 1 is 1.22 bits per heavy atom. The van der Waals surface area contributed by atoms with Crippen molar-refractivity contribution in [3.05, 3.63) is 65.2 Å². The lowest BCUT2D eigenvalue weighted by Crippen LogP contribution is -2.15. The fourth-order valence-corrected chi connectivity index (χ4v) is 2.19. The van der Waals surface area contributed by atoms with Gasteiger partial charge in [0.2, 0.25) is 5.91 Å². The van der Waals surface area contributed by atoms with Gasteiger partial charge in [-0.15, -0.1) is 5.10 Å². The van der Waals surface area contributed by atoms with Crippen molar-refractivity contribution in [1.29, 1.82) is 0 Å². The number of hydrogen-bond acceptors (Lipinski definition) is 4. The number of carbonyl (C=O) groups is 1. The molecule has 0 bridgehead atoms. The van der Waals surface area contributed by atoms with E-state index in [9.17, 15) is 9.18 Å². The van der Waals surface area contributed by atoms with Gasteiger partial charge in [0.25, 0.3) is 0 Å². The van der Waals surface area contributed by atoms with Gasteiger partial charge in [0.1, 0.15) is 12.1 Å². The Hall–Kier alpha value is -2.80. The molecule has 0 atom stereocenters. The van der Waals surface area contributed by atoms with E-state index in [1.54, 1.807) is 24.3 Å². The summed E-state index contributed by atoms with van der Waals surface area (Å²) in [6.45, 7) is 0. The monoisotopic (exact) mass is 331 g/mol. The van der Waals surface area contributed by atoms with Crippen molar-refractivity contribution < 1.29 is 9.18 Å². The molecule has 0 aliphatic carbocycles. The first-order chi connectivity index (χ1) is 11.1. The lowest BCUT2D eigenvalue weighted by atomic mass is 10.1. The highest BCUT2D eigenvalue weighted by molar-refractivity contribution is 6.30. The van der Waals surface area contributed by atoms with Gasteiger partial charge in [0.05, 0.1) is 17.8 Å². The number of nitrogens with zero attached hydrogens (tertiary/aromatic N) is 4. The highest BCUT2D eigenvalue weighted by Gasteiger charge is 2.09. The van der Waals surface area contributed by atoms with E-state index in [2.05, 4.69) is 20.8 Å². The summed E-state index contributed by atoms with van der Waals surface area (Å²) in [5.74, 6) is -0.863. The van der Waals surface area contributed by atoms with Gasteiger partial charge in [-0.3, -0.25) is 4.79 Å². The first-order valence-corrected chi connectivity index (χ1v) is 7.07. The van der Waals surface area contributed by atoms with E-state index in [4.69, 9.17) is 11.6 Å². The second kappa shape index (κ2) is 6.53. The molecule has 23 heavy (non-hydrogen) atoms. The van der Waals surface area contributed by atoms with Crippen molar-refractivity contribution in [3.63, 3.8) is 0 Å². The molecule has 6 nitrogen and oxygen atoms in total. The normalized spacial score (nSPS) is 10.5. The summed E-state index contributed by atoms with van der Waals surface area (Å²) in [6, 6.07) is 11.1. The van der Waals surface area contributed by atoms with Gasteiger partial charge < -0.3 is 5.32 Å². The summed E-state index contributed by atoms with van der Waals surface area (Å²) in [7, 11) is 0. The van der Waals surface area contributed by atoms with Crippen molar-refractivity contribution in [2.45, 2.75) is 6.42 Å². The maximum absolute atomic E-state index is 13.6. The molecule has 116 valence electrons. The Morgan fingerprint density at radius 2 is 2.00 bits per heavy atom. The predicted molar refractivity (Wildman–Crippen MR) is 82.9 cm³/mol. The van der Waals surface area contributed by atoms with E-state index in [0.29, 0.717) is 5.02 Å². The van der Waals surface area contributed by atoms with Crippen LogP contribution in [0.2, 0.25) is 5.02 Å². The molecule has 0 aliphatic rings. The fraction of sp³-hybridized carbons (Fsp3) is 0.0667. The van der Waals surface area contributed by atoms with Crippen LogP contribution in [0.1, 0.15) is 5.56 Å². The summed E-state index contributed by atoms with van der Waals surface area (Å²) in [5.41, 5.74) is 1.62. The van der Waals surface area contributed by atoms with Crippen LogP contribution in [0, 0.1) is 5.82 Å². The van der Waals surface area contributed by atoms with Crippen LogP contribution in [-0.2, 0) is 11.2 Å². The molecule has 0 unspecified atom stereocenters. The first kappa shape index (κ1) is 15.1. The number of halogens is 2. The molecule has 3 aromatic rings. The molecule has 0 radical (unpaired) electrons. The van der Waals surface area contributed by atoms with Gasteiger partial charge in [-0.2, -0.15) is 0 Å². The van der Waals surface area contributed by atoms with Crippen LogP contribution in [0.15, 0.2) is 48.8 Å². The van der Waals surface area contributed by atoms with Crippen LogP contribution in [0.5, 0.6) is 0 Å². The predicted octanol–water partition coefficient (Wildman–Crippen LogP) is 2.64. The van der Waals surface area contributed by atoms with E-state index in [1.165, 1.54) is 29.2 Å². The first-order valence-electron chi connectivity index (χ1n) is 6.69. The molecule has 3 rings (SSSR count). The van der Waals surface area contributed by atoms with Crippen LogP contribution in [-0.4, -0.2) is 26.1 Å². The maximum atomic E-state index is 13.6. The molecular formula is C15H11ClFN5O. The molecule has 1 heterocycles. The van der Waals surface area contributed by atoms with Gasteiger partial charge in [0.15, 0.2) is 0 Å². The molecule has 0 fully saturated rings. The molecule has 1 aromatic heterocycles. The Labute approximate surface area is 135 Å². The minimum absolute atomic E-state index is 0.0628. The van der Waals surface area contributed by atoms with E-state index >= 15 is 0 Å². The number of rotatable bonds is 4. The molecular weight excluding hydrogens is 321 g/mol. The SMILES string of the molecule is O=C(Cc1ccc(-n2cnnn2)cc1)Nc1cc(Cl)ccc1F. The zero-order chi connectivity index (χ0) is 16.2. The van der Waals surface area contributed by atoms with Crippen LogP contribution >= 0.6 is 11.6 Å². The quantitative estimate of drug-likeness (QED) is 0.797. The lowest BCUT2D eigenvalue weighted by Gasteiger charge is -2.07. The summed E-state index contributed by atoms with van der Waals surface area (Å²) in [5, 5.41) is 13.7. The average Bonchev–Trinajstić information content (AvgIpc) is 3.06. The van der Waals surface area contributed by atoms with Gasteiger partial charge in [-0.1, -0.05) is 23.7 Å². The minimum atomic E-state index is -0.531. The number of carbonyl (C=O) groups excluding carboxylic acids is 1. The topological polar surface area (TPSA) is 72.7 Å². The molecule has 1 N–H and O–H groups in total. The molecule has 8 heteroatoms. The fourth-order valence-electron chi connectivity index (χ4n) is 2.02. The van der Waals surface area contributed by atoms with Crippen molar-refractivity contribution in [3.8, 4) is 5.69 Å². The highest BCUT2D eigenvalue weighted by atomic mass is 35.5. The van der Waals surface area contributed by atoms with Gasteiger partial charge in [-0.25, -0.2) is 9.07 Å². The number of anilines is 1. The number of aromatic nitrogens is 4. The molecule has 0 aliphatic heterocycles. The summed E-state index contributed by atoms with van der Waals surface area (Å²) in [6.07, 6.45) is 1.59. The number of nitrogens with one attached hydrogen (secondary N) is 1. The van der Waals surface area contributed by atoms with Crippen LogP contribution in [0.4, 0.5) is 10.1 Å². The maximum Gasteiger partial charge on any atom is 0.228 e. The van der Waals surface area contributed by atoms with Gasteiger partial charge in [0, 0.05) is 5.02 Å². The Kier molecular flexibility index (Phi) is 4.29. The Morgan fingerprint density at radius 3 is 2.70 bits per heavy atom. The van der Waals surface area contributed by atoms with E-state index < -0.39 is 5.82 Å². The zero-order valence-electron chi connectivity index (χ0n) is 11.8. The molecule has 2 aromatic carbocycles. The second-order valence-electron chi connectivity index (χ2n) is 4.77. The average molecular weight is 332 g/mol. The Bertz CT molecular complexity index is 820. The minimum Gasteiger partial charge on any atom is -0.323 e. The third-order valence-electron chi connectivity index (χ3n) is 3.12. The van der Waals surface area contributed by atoms with Crippen molar-refractivity contribution >= 4 is 23.2 Å². The third kappa shape index (κ3) is 3.70.